The molecule has 0 spiro atoms. The third-order valence-corrected chi connectivity index (χ3v) is 8.51. The number of carbonyl (C=O) groups excluding carboxylic acids is 4. The SMILES string of the molecule is CC(C)(C)OC(=O)N[C@@H](CC(=O)NC(c1ccccc1)(c1ccccc1)c1ccccc1)C(=O)N1CCC[C@H]1C(=O)Nc1ccc([N+](=O)[O-])cc1. The van der Waals surface area contributed by atoms with Crippen molar-refractivity contribution in [3.8, 4) is 0 Å². The van der Waals surface area contributed by atoms with Gasteiger partial charge in [0, 0.05) is 24.4 Å². The van der Waals surface area contributed by atoms with Gasteiger partial charge >= 0.3 is 6.09 Å². The van der Waals surface area contributed by atoms with Crippen molar-refractivity contribution in [2.75, 3.05) is 11.9 Å². The van der Waals surface area contributed by atoms with Gasteiger partial charge in [-0.3, -0.25) is 24.5 Å². The van der Waals surface area contributed by atoms with Crippen LogP contribution in [0, 0.1) is 10.1 Å². The van der Waals surface area contributed by atoms with Crippen LogP contribution in [0.15, 0.2) is 115 Å². The molecule has 2 atom stereocenters. The van der Waals surface area contributed by atoms with Gasteiger partial charge in [-0.25, -0.2) is 4.79 Å². The number of anilines is 1. The topological polar surface area (TPSA) is 160 Å². The van der Waals surface area contributed by atoms with Crippen molar-refractivity contribution >= 4 is 35.2 Å². The van der Waals surface area contributed by atoms with Crippen molar-refractivity contribution in [1.82, 2.24) is 15.5 Å². The minimum Gasteiger partial charge on any atom is -0.444 e. The number of ether oxygens (including phenoxy) is 1. The molecule has 0 aliphatic carbocycles. The van der Waals surface area contributed by atoms with Crippen LogP contribution in [-0.4, -0.2) is 57.9 Å². The van der Waals surface area contributed by atoms with E-state index in [0.29, 0.717) is 18.5 Å². The van der Waals surface area contributed by atoms with Gasteiger partial charge in [-0.1, -0.05) is 91.0 Å². The normalized spacial score (nSPS) is 15.0. The number of non-ortho nitro benzene ring substituents is 1. The fourth-order valence-corrected chi connectivity index (χ4v) is 6.27. The van der Waals surface area contributed by atoms with E-state index in [2.05, 4.69) is 16.0 Å². The molecule has 12 heteroatoms. The zero-order valence-corrected chi connectivity index (χ0v) is 28.7. The van der Waals surface area contributed by atoms with Crippen molar-refractivity contribution in [2.24, 2.45) is 0 Å². The molecule has 12 nitrogen and oxygen atoms in total. The highest BCUT2D eigenvalue weighted by Crippen LogP contribution is 2.37. The molecule has 4 aromatic carbocycles. The maximum Gasteiger partial charge on any atom is 0.408 e. The Balaban J connectivity index is 1.45. The van der Waals surface area contributed by atoms with Crippen LogP contribution in [0.1, 0.15) is 56.7 Å². The lowest BCUT2D eigenvalue weighted by atomic mass is 9.77. The van der Waals surface area contributed by atoms with E-state index in [1.807, 2.05) is 91.0 Å². The summed E-state index contributed by atoms with van der Waals surface area (Å²) < 4.78 is 5.47. The van der Waals surface area contributed by atoms with Crippen molar-refractivity contribution in [3.63, 3.8) is 0 Å². The van der Waals surface area contributed by atoms with Crippen molar-refractivity contribution < 1.29 is 28.8 Å². The van der Waals surface area contributed by atoms with Crippen molar-refractivity contribution in [1.29, 1.82) is 0 Å². The number of nitrogens with one attached hydrogen (secondary N) is 3. The van der Waals surface area contributed by atoms with Crippen LogP contribution in [0.5, 0.6) is 0 Å². The monoisotopic (exact) mass is 691 g/mol. The minimum absolute atomic E-state index is 0.129. The Kier molecular flexibility index (Phi) is 11.1. The van der Waals surface area contributed by atoms with Gasteiger partial charge < -0.3 is 25.6 Å². The maximum absolute atomic E-state index is 14.3. The molecule has 4 amide bonds. The van der Waals surface area contributed by atoms with Gasteiger partial charge in [0.2, 0.25) is 17.7 Å². The Morgan fingerprint density at radius 3 is 1.80 bits per heavy atom. The maximum atomic E-state index is 14.3. The van der Waals surface area contributed by atoms with E-state index in [-0.39, 0.29) is 12.2 Å². The third-order valence-electron chi connectivity index (χ3n) is 8.51. The molecule has 4 aromatic rings. The number of rotatable bonds is 11. The number of nitrogens with zero attached hydrogens (tertiary/aromatic N) is 2. The lowest BCUT2D eigenvalue weighted by Crippen LogP contribution is -2.56. The second-order valence-corrected chi connectivity index (χ2v) is 13.3. The molecule has 5 rings (SSSR count). The summed E-state index contributed by atoms with van der Waals surface area (Å²) in [5.41, 5.74) is 0.483. The highest BCUT2D eigenvalue weighted by Gasteiger charge is 2.42. The van der Waals surface area contributed by atoms with E-state index in [1.54, 1.807) is 20.8 Å². The Bertz CT molecular complexity index is 1750. The Morgan fingerprint density at radius 1 is 0.824 bits per heavy atom. The molecule has 0 aromatic heterocycles. The summed E-state index contributed by atoms with van der Waals surface area (Å²) in [6, 6.07) is 31.5. The Morgan fingerprint density at radius 2 is 1.33 bits per heavy atom. The molecule has 264 valence electrons. The number of benzene rings is 4. The standard InChI is InChI=1S/C39H41N5O7/c1-38(2,3)51-37(48)41-32(36(47)43-25-13-20-33(43)35(46)40-30-21-23-31(24-22-30)44(49)50)26-34(45)42-39(27-14-7-4-8-15-27,28-16-9-5-10-17-28)29-18-11-6-12-19-29/h4-12,14-19,21-24,32-33H,13,20,25-26H2,1-3H3,(H,40,46)(H,41,48)(H,42,45)/t32-,33-/m0/s1. The van der Waals surface area contributed by atoms with Crippen LogP contribution in [0.4, 0.5) is 16.2 Å². The number of amides is 4. The first-order valence-electron chi connectivity index (χ1n) is 16.7. The van der Waals surface area contributed by atoms with Gasteiger partial charge in [0.25, 0.3) is 5.69 Å². The fourth-order valence-electron chi connectivity index (χ4n) is 6.27. The highest BCUT2D eigenvalue weighted by atomic mass is 16.6. The first-order valence-corrected chi connectivity index (χ1v) is 16.7. The number of likely N-dealkylation sites (tertiary alicyclic amines) is 1. The molecule has 1 aliphatic rings. The van der Waals surface area contributed by atoms with Gasteiger partial charge in [-0.15, -0.1) is 0 Å². The van der Waals surface area contributed by atoms with E-state index in [0.717, 1.165) is 16.7 Å². The largest absolute Gasteiger partial charge is 0.444 e. The van der Waals surface area contributed by atoms with Crippen LogP contribution in [-0.2, 0) is 24.7 Å². The van der Waals surface area contributed by atoms with Crippen LogP contribution < -0.4 is 16.0 Å². The highest BCUT2D eigenvalue weighted by molar-refractivity contribution is 5.99. The number of hydrogen-bond acceptors (Lipinski definition) is 7. The molecule has 0 radical (unpaired) electrons. The number of carbonyl (C=O) groups is 4. The summed E-state index contributed by atoms with van der Waals surface area (Å²) >= 11 is 0. The number of nitro benzene ring substituents is 1. The predicted molar refractivity (Wildman–Crippen MR) is 192 cm³/mol. The molecule has 1 heterocycles. The van der Waals surface area contributed by atoms with Crippen LogP contribution in [0.3, 0.4) is 0 Å². The van der Waals surface area contributed by atoms with Crippen molar-refractivity contribution in [3.05, 3.63) is 142 Å². The second-order valence-electron chi connectivity index (χ2n) is 13.3. The van der Waals surface area contributed by atoms with Crippen LogP contribution in [0.2, 0.25) is 0 Å². The molecule has 51 heavy (non-hydrogen) atoms. The summed E-state index contributed by atoms with van der Waals surface area (Å²) in [5, 5.41) is 19.6. The molecule has 1 fully saturated rings. The Labute approximate surface area is 296 Å². The average molecular weight is 692 g/mol. The molecule has 0 unspecified atom stereocenters. The second kappa shape index (κ2) is 15.7. The van der Waals surface area contributed by atoms with Gasteiger partial charge in [-0.2, -0.15) is 0 Å². The van der Waals surface area contributed by atoms with E-state index in [9.17, 15) is 29.3 Å². The summed E-state index contributed by atoms with van der Waals surface area (Å²) in [7, 11) is 0. The molecule has 1 aliphatic heterocycles. The predicted octanol–water partition coefficient (Wildman–Crippen LogP) is 5.92. The minimum atomic E-state index is -1.38. The smallest absolute Gasteiger partial charge is 0.408 e. The zero-order chi connectivity index (χ0) is 36.6. The van der Waals surface area contributed by atoms with E-state index < -0.39 is 58.4 Å². The summed E-state index contributed by atoms with van der Waals surface area (Å²) in [6.45, 7) is 5.27. The first-order chi connectivity index (χ1) is 24.4. The zero-order valence-electron chi connectivity index (χ0n) is 28.7. The molecule has 0 saturated carbocycles. The summed E-state index contributed by atoms with van der Waals surface area (Å²) in [5.74, 6) is -1.65. The van der Waals surface area contributed by atoms with E-state index >= 15 is 0 Å². The van der Waals surface area contributed by atoms with Gasteiger partial charge in [-0.05, 0) is 62.4 Å². The van der Waals surface area contributed by atoms with Gasteiger partial charge in [0.05, 0.1) is 11.3 Å². The van der Waals surface area contributed by atoms with Crippen LogP contribution in [0.25, 0.3) is 0 Å². The molecular weight excluding hydrogens is 650 g/mol. The number of nitro groups is 1. The Hall–Kier alpha value is -6.04. The quantitative estimate of drug-likeness (QED) is 0.100. The van der Waals surface area contributed by atoms with Crippen LogP contribution >= 0.6 is 0 Å². The third kappa shape index (κ3) is 8.77. The van der Waals surface area contributed by atoms with E-state index in [1.165, 1.54) is 29.2 Å². The number of hydrogen-bond donors (Lipinski definition) is 3. The number of alkyl carbamates (subject to hydrolysis) is 1. The van der Waals surface area contributed by atoms with Crippen molar-refractivity contribution in [2.45, 2.75) is 63.3 Å². The van der Waals surface area contributed by atoms with E-state index in [4.69, 9.17) is 4.74 Å². The van der Waals surface area contributed by atoms with Gasteiger partial charge in [0.15, 0.2) is 0 Å². The molecular formula is C39H41N5O7. The average Bonchev–Trinajstić information content (AvgIpc) is 3.61. The lowest BCUT2D eigenvalue weighted by Gasteiger charge is -2.37. The molecule has 3 N–H and O–H groups in total. The first kappa shape index (κ1) is 36.2. The summed E-state index contributed by atoms with van der Waals surface area (Å²) in [6.07, 6.45) is -0.497. The summed E-state index contributed by atoms with van der Waals surface area (Å²) in [4.78, 5) is 67.0. The molecule has 1 saturated heterocycles. The fraction of sp³-hybridized carbons (Fsp3) is 0.282. The lowest BCUT2D eigenvalue weighted by molar-refractivity contribution is -0.384. The van der Waals surface area contributed by atoms with Gasteiger partial charge in [0.1, 0.15) is 23.2 Å². The molecule has 0 bridgehead atoms.